The Hall–Kier alpha value is -4.04. The maximum atomic E-state index is 12.5. The lowest BCUT2D eigenvalue weighted by molar-refractivity contribution is -0.384. The summed E-state index contributed by atoms with van der Waals surface area (Å²) in [6, 6.07) is 16.4. The van der Waals surface area contributed by atoms with Gasteiger partial charge in [-0.3, -0.25) is 20.0 Å². The molecular weight excluding hydrogens is 430 g/mol. The van der Waals surface area contributed by atoms with Crippen LogP contribution in [0.3, 0.4) is 0 Å². The summed E-state index contributed by atoms with van der Waals surface area (Å²) < 4.78 is 0. The number of benzene rings is 3. The van der Waals surface area contributed by atoms with Crippen LogP contribution in [0.2, 0.25) is 5.02 Å². The minimum absolute atomic E-state index is 0.0317. The van der Waals surface area contributed by atoms with Crippen LogP contribution in [-0.2, 0) is 12.8 Å². The number of aryl methyl sites for hydroxylation is 2. The van der Waals surface area contributed by atoms with Crippen LogP contribution >= 0.6 is 11.6 Å². The highest BCUT2D eigenvalue weighted by Gasteiger charge is 2.18. The summed E-state index contributed by atoms with van der Waals surface area (Å²) in [5.74, 6) is -0.477. The molecule has 0 atom stereocenters. The molecule has 1 aliphatic rings. The maximum absolute atomic E-state index is 12.5. The zero-order chi connectivity index (χ0) is 22.2. The molecule has 5 rings (SSSR count). The Morgan fingerprint density at radius 2 is 1.97 bits per heavy atom. The van der Waals surface area contributed by atoms with Crippen molar-refractivity contribution in [1.29, 1.82) is 0 Å². The lowest BCUT2D eigenvalue weighted by atomic mass is 9.98. The summed E-state index contributed by atoms with van der Waals surface area (Å²) >= 11 is 5.80. The number of hydrogen-bond acceptors (Lipinski definition) is 5. The van der Waals surface area contributed by atoms with Gasteiger partial charge in [-0.25, -0.2) is 5.43 Å². The number of nitro groups is 1. The van der Waals surface area contributed by atoms with E-state index in [1.54, 1.807) is 12.1 Å². The van der Waals surface area contributed by atoms with Crippen LogP contribution in [0.4, 0.5) is 5.69 Å². The Kier molecular flexibility index (Phi) is 4.91. The van der Waals surface area contributed by atoms with Gasteiger partial charge in [-0.15, -0.1) is 0 Å². The summed E-state index contributed by atoms with van der Waals surface area (Å²) in [5, 5.41) is 24.4. The van der Waals surface area contributed by atoms with E-state index in [0.717, 1.165) is 23.8 Å². The number of nitrogens with zero attached hydrogens (tertiary/aromatic N) is 3. The topological polar surface area (TPSA) is 113 Å². The molecule has 1 heterocycles. The summed E-state index contributed by atoms with van der Waals surface area (Å²) in [5.41, 5.74) is 7.15. The molecule has 0 spiro atoms. The lowest BCUT2D eigenvalue weighted by Crippen LogP contribution is -2.18. The van der Waals surface area contributed by atoms with Gasteiger partial charge in [0.2, 0.25) is 0 Å². The molecular formula is C23H16ClN5O3. The fourth-order valence-electron chi connectivity index (χ4n) is 4.02. The van der Waals surface area contributed by atoms with Gasteiger partial charge in [0.15, 0.2) is 0 Å². The van der Waals surface area contributed by atoms with Gasteiger partial charge in [0.1, 0.15) is 10.7 Å². The summed E-state index contributed by atoms with van der Waals surface area (Å²) in [7, 11) is 0. The third-order valence-electron chi connectivity index (χ3n) is 5.52. The number of halogens is 1. The number of carbonyl (C=O) groups excluding carboxylic acids is 1. The van der Waals surface area contributed by atoms with Crippen LogP contribution < -0.4 is 5.43 Å². The van der Waals surface area contributed by atoms with E-state index < -0.39 is 10.8 Å². The van der Waals surface area contributed by atoms with Gasteiger partial charge in [0.05, 0.1) is 16.8 Å². The van der Waals surface area contributed by atoms with E-state index in [1.165, 1.54) is 34.9 Å². The van der Waals surface area contributed by atoms with Gasteiger partial charge in [-0.05, 0) is 46.9 Å². The lowest BCUT2D eigenvalue weighted by Gasteiger charge is -2.06. The first-order valence-electron chi connectivity index (χ1n) is 9.88. The third-order valence-corrected chi connectivity index (χ3v) is 5.84. The molecule has 0 fully saturated rings. The molecule has 158 valence electrons. The van der Waals surface area contributed by atoms with Gasteiger partial charge in [0.25, 0.3) is 11.6 Å². The minimum Gasteiger partial charge on any atom is -0.272 e. The van der Waals surface area contributed by atoms with Crippen molar-refractivity contribution in [3.05, 3.63) is 92.1 Å². The number of nitrogens with one attached hydrogen (secondary N) is 2. The van der Waals surface area contributed by atoms with Crippen molar-refractivity contribution in [2.75, 3.05) is 0 Å². The number of carbonyl (C=O) groups is 1. The van der Waals surface area contributed by atoms with E-state index in [2.05, 4.69) is 38.9 Å². The van der Waals surface area contributed by atoms with Crippen molar-refractivity contribution in [1.82, 2.24) is 15.6 Å². The van der Waals surface area contributed by atoms with Crippen LogP contribution in [0.25, 0.3) is 22.0 Å². The minimum atomic E-state index is -0.579. The molecule has 4 aromatic rings. The molecule has 2 N–H and O–H groups in total. The van der Waals surface area contributed by atoms with Crippen LogP contribution in [-0.4, -0.2) is 27.2 Å². The number of hydrogen-bond donors (Lipinski definition) is 2. The number of H-pyrrole nitrogens is 1. The fraction of sp³-hybridized carbons (Fsp3) is 0.0870. The van der Waals surface area contributed by atoms with Crippen molar-refractivity contribution >= 4 is 40.2 Å². The monoisotopic (exact) mass is 445 g/mol. The molecule has 1 aromatic heterocycles. The van der Waals surface area contributed by atoms with Crippen LogP contribution in [0.1, 0.15) is 27.2 Å². The number of rotatable bonds is 5. The standard InChI is InChI=1S/C23H16ClN5O3/c24-18-9-4-13(10-21(18)29(31)32)12-25-28-23(30)20-11-19(26-27-20)16-8-7-15-6-5-14-2-1-3-17(16)22(14)15/h1-4,7-12H,5-6H2,(H,26,27)(H,28,30). The fourth-order valence-corrected chi connectivity index (χ4v) is 4.21. The average Bonchev–Trinajstić information content (AvgIpc) is 3.44. The first-order chi connectivity index (χ1) is 15.5. The van der Waals surface area contributed by atoms with Crippen molar-refractivity contribution < 1.29 is 9.72 Å². The molecule has 0 saturated heterocycles. The van der Waals surface area contributed by atoms with E-state index in [1.807, 2.05) is 12.1 Å². The first-order valence-corrected chi connectivity index (χ1v) is 10.3. The van der Waals surface area contributed by atoms with Crippen LogP contribution in [0.5, 0.6) is 0 Å². The normalized spacial score (nSPS) is 12.5. The summed E-state index contributed by atoms with van der Waals surface area (Å²) in [6.07, 6.45) is 3.39. The van der Waals surface area contributed by atoms with Gasteiger partial charge in [-0.1, -0.05) is 48.0 Å². The Morgan fingerprint density at radius 3 is 2.78 bits per heavy atom. The van der Waals surface area contributed by atoms with Crippen molar-refractivity contribution in [2.24, 2.45) is 5.10 Å². The second-order valence-electron chi connectivity index (χ2n) is 7.45. The number of amides is 1. The molecule has 0 bridgehead atoms. The Bertz CT molecular complexity index is 1420. The Labute approximate surface area is 187 Å². The van der Waals surface area contributed by atoms with Gasteiger partial charge >= 0.3 is 0 Å². The van der Waals surface area contributed by atoms with Crippen molar-refractivity contribution in [3.63, 3.8) is 0 Å². The Balaban J connectivity index is 1.35. The SMILES string of the molecule is O=C(NN=Cc1ccc(Cl)c([N+](=O)[O-])c1)c1cc(-c2ccc3c4c(cccc24)CC3)n[nH]1. The molecule has 8 nitrogen and oxygen atoms in total. The molecule has 0 saturated carbocycles. The van der Waals surface area contributed by atoms with Crippen molar-refractivity contribution in [2.45, 2.75) is 12.8 Å². The first kappa shape index (κ1) is 19.9. The van der Waals surface area contributed by atoms with E-state index >= 15 is 0 Å². The van der Waals surface area contributed by atoms with Crippen LogP contribution in [0, 0.1) is 10.1 Å². The molecule has 3 aromatic carbocycles. The van der Waals surface area contributed by atoms with E-state index in [0.29, 0.717) is 11.3 Å². The number of hydrazone groups is 1. The number of aromatic nitrogens is 2. The summed E-state index contributed by atoms with van der Waals surface area (Å²) in [6.45, 7) is 0. The van der Waals surface area contributed by atoms with Gasteiger partial charge in [-0.2, -0.15) is 10.2 Å². The van der Waals surface area contributed by atoms with Gasteiger partial charge in [0, 0.05) is 17.2 Å². The summed E-state index contributed by atoms with van der Waals surface area (Å²) in [4.78, 5) is 22.9. The van der Waals surface area contributed by atoms with Gasteiger partial charge < -0.3 is 0 Å². The highest BCUT2D eigenvalue weighted by Crippen LogP contribution is 2.36. The highest BCUT2D eigenvalue weighted by molar-refractivity contribution is 6.32. The Morgan fingerprint density at radius 1 is 1.16 bits per heavy atom. The molecule has 1 aliphatic carbocycles. The second-order valence-corrected chi connectivity index (χ2v) is 7.85. The average molecular weight is 446 g/mol. The van der Waals surface area contributed by atoms with E-state index in [4.69, 9.17) is 11.6 Å². The van der Waals surface area contributed by atoms with E-state index in [9.17, 15) is 14.9 Å². The number of nitro benzene ring substituents is 1. The molecule has 0 aliphatic heterocycles. The zero-order valence-electron chi connectivity index (χ0n) is 16.6. The molecule has 1 amide bonds. The second kappa shape index (κ2) is 7.90. The molecule has 0 radical (unpaired) electrons. The quantitative estimate of drug-likeness (QED) is 0.264. The number of aromatic amines is 1. The highest BCUT2D eigenvalue weighted by atomic mass is 35.5. The molecule has 9 heteroatoms. The molecule has 0 unspecified atom stereocenters. The largest absolute Gasteiger partial charge is 0.289 e. The molecule has 32 heavy (non-hydrogen) atoms. The van der Waals surface area contributed by atoms with Crippen LogP contribution in [0.15, 0.2) is 59.7 Å². The van der Waals surface area contributed by atoms with Crippen molar-refractivity contribution in [3.8, 4) is 11.3 Å². The maximum Gasteiger partial charge on any atom is 0.289 e. The predicted octanol–water partition coefficient (Wildman–Crippen LogP) is 4.65. The predicted molar refractivity (Wildman–Crippen MR) is 122 cm³/mol. The third kappa shape index (κ3) is 3.50. The zero-order valence-corrected chi connectivity index (χ0v) is 17.4. The van der Waals surface area contributed by atoms with E-state index in [-0.39, 0.29) is 16.4 Å². The smallest absolute Gasteiger partial charge is 0.272 e.